The van der Waals surface area contributed by atoms with Crippen molar-refractivity contribution in [2.45, 2.75) is 71.6 Å². The van der Waals surface area contributed by atoms with Crippen LogP contribution in [-0.4, -0.2) is 17.6 Å². The van der Waals surface area contributed by atoms with Crippen molar-refractivity contribution in [3.05, 3.63) is 29.6 Å². The highest BCUT2D eigenvalue weighted by Crippen LogP contribution is 2.29. The number of hydrogen-bond donors (Lipinski definition) is 1. The molecular weight excluding hydrogens is 260 g/mol. The van der Waals surface area contributed by atoms with Gasteiger partial charge in [0.15, 0.2) is 0 Å². The van der Waals surface area contributed by atoms with E-state index in [9.17, 15) is 0 Å². The molecule has 1 aromatic rings. The third-order valence-electron chi connectivity index (χ3n) is 4.45. The smallest absolute Gasteiger partial charge is 0.0891 e. The fraction of sp³-hybridized carbons (Fsp3) is 0.722. The van der Waals surface area contributed by atoms with Crippen molar-refractivity contribution < 1.29 is 4.74 Å². The molecule has 2 rings (SSSR count). The summed E-state index contributed by atoms with van der Waals surface area (Å²) in [6.45, 7) is 7.08. The summed E-state index contributed by atoms with van der Waals surface area (Å²) in [5, 5.41) is 3.40. The van der Waals surface area contributed by atoms with Crippen LogP contribution in [0, 0.1) is 5.92 Å². The monoisotopic (exact) mass is 290 g/mol. The number of ether oxygens (including phenoxy) is 1. The van der Waals surface area contributed by atoms with Crippen LogP contribution in [0.5, 0.6) is 0 Å². The van der Waals surface area contributed by atoms with E-state index in [0.717, 1.165) is 24.7 Å². The standard InChI is InChI=1S/C18H30N2O/c1-3-11-19-12-15-9-10-17(20-13-15)14-21-18-8-6-5-7-16(18)4-2/h9-10,13,16,18-19H,3-8,11-12,14H2,1-2H3. The maximum atomic E-state index is 6.13. The minimum Gasteiger partial charge on any atom is -0.372 e. The van der Waals surface area contributed by atoms with Crippen LogP contribution < -0.4 is 5.32 Å². The van der Waals surface area contributed by atoms with Crippen molar-refractivity contribution in [3.63, 3.8) is 0 Å². The van der Waals surface area contributed by atoms with Gasteiger partial charge in [-0.1, -0.05) is 39.2 Å². The number of aromatic nitrogens is 1. The van der Waals surface area contributed by atoms with Crippen LogP contribution in [-0.2, 0) is 17.9 Å². The van der Waals surface area contributed by atoms with Crippen LogP contribution in [0.1, 0.15) is 63.6 Å². The van der Waals surface area contributed by atoms with E-state index in [1.165, 1.54) is 44.1 Å². The lowest BCUT2D eigenvalue weighted by Gasteiger charge is -2.30. The highest BCUT2D eigenvalue weighted by atomic mass is 16.5. The van der Waals surface area contributed by atoms with E-state index in [2.05, 4.69) is 36.3 Å². The van der Waals surface area contributed by atoms with Crippen molar-refractivity contribution in [1.29, 1.82) is 0 Å². The molecule has 3 heteroatoms. The minimum absolute atomic E-state index is 0.441. The first kappa shape index (κ1) is 16.4. The van der Waals surface area contributed by atoms with E-state index in [1.54, 1.807) is 0 Å². The lowest BCUT2D eigenvalue weighted by molar-refractivity contribution is -0.0234. The van der Waals surface area contributed by atoms with Gasteiger partial charge in [0.05, 0.1) is 18.4 Å². The number of nitrogens with zero attached hydrogens (tertiary/aromatic N) is 1. The number of pyridine rings is 1. The van der Waals surface area contributed by atoms with E-state index in [4.69, 9.17) is 4.74 Å². The Hall–Kier alpha value is -0.930. The highest BCUT2D eigenvalue weighted by Gasteiger charge is 2.24. The molecule has 0 aliphatic heterocycles. The molecular formula is C18H30N2O. The molecule has 1 aromatic heterocycles. The molecule has 1 N–H and O–H groups in total. The van der Waals surface area contributed by atoms with Crippen LogP contribution >= 0.6 is 0 Å². The van der Waals surface area contributed by atoms with Crippen LogP contribution in [0.25, 0.3) is 0 Å². The quantitative estimate of drug-likeness (QED) is 0.733. The Morgan fingerprint density at radius 1 is 1.24 bits per heavy atom. The van der Waals surface area contributed by atoms with Crippen LogP contribution in [0.3, 0.4) is 0 Å². The molecule has 2 unspecified atom stereocenters. The molecule has 3 nitrogen and oxygen atoms in total. The second kappa shape index (κ2) is 9.16. The van der Waals surface area contributed by atoms with Gasteiger partial charge in [-0.25, -0.2) is 0 Å². The Bertz CT molecular complexity index is 391. The topological polar surface area (TPSA) is 34.1 Å². The molecule has 118 valence electrons. The summed E-state index contributed by atoms with van der Waals surface area (Å²) in [6.07, 6.45) is 10.1. The summed E-state index contributed by atoms with van der Waals surface area (Å²) in [5.74, 6) is 0.747. The lowest BCUT2D eigenvalue weighted by Crippen LogP contribution is -2.27. The zero-order valence-electron chi connectivity index (χ0n) is 13.6. The van der Waals surface area contributed by atoms with Gasteiger partial charge in [0.25, 0.3) is 0 Å². The fourth-order valence-corrected chi connectivity index (χ4v) is 3.11. The molecule has 0 radical (unpaired) electrons. The van der Waals surface area contributed by atoms with E-state index >= 15 is 0 Å². The zero-order valence-corrected chi connectivity index (χ0v) is 13.6. The lowest BCUT2D eigenvalue weighted by atomic mass is 9.85. The fourth-order valence-electron chi connectivity index (χ4n) is 3.11. The predicted octanol–water partition coefficient (Wildman–Crippen LogP) is 4.07. The predicted molar refractivity (Wildman–Crippen MR) is 87.1 cm³/mol. The average Bonchev–Trinajstić information content (AvgIpc) is 2.54. The first-order valence-corrected chi connectivity index (χ1v) is 8.59. The van der Waals surface area contributed by atoms with Gasteiger partial charge in [0.2, 0.25) is 0 Å². The third-order valence-corrected chi connectivity index (χ3v) is 4.45. The summed E-state index contributed by atoms with van der Waals surface area (Å²) in [7, 11) is 0. The Morgan fingerprint density at radius 2 is 2.10 bits per heavy atom. The summed E-state index contributed by atoms with van der Waals surface area (Å²) in [4.78, 5) is 4.53. The normalized spacial score (nSPS) is 22.4. The van der Waals surface area contributed by atoms with Crippen molar-refractivity contribution >= 4 is 0 Å². The van der Waals surface area contributed by atoms with E-state index in [0.29, 0.717) is 12.7 Å². The van der Waals surface area contributed by atoms with E-state index in [1.807, 2.05) is 6.20 Å². The van der Waals surface area contributed by atoms with Gasteiger partial charge in [-0.2, -0.15) is 0 Å². The summed E-state index contributed by atoms with van der Waals surface area (Å²) >= 11 is 0. The maximum Gasteiger partial charge on any atom is 0.0891 e. The highest BCUT2D eigenvalue weighted by molar-refractivity contribution is 5.13. The minimum atomic E-state index is 0.441. The van der Waals surface area contributed by atoms with Crippen LogP contribution in [0.4, 0.5) is 0 Å². The Balaban J connectivity index is 1.77. The van der Waals surface area contributed by atoms with Gasteiger partial charge in [-0.05, 0) is 43.4 Å². The Kier molecular flexibility index (Phi) is 7.17. The molecule has 1 saturated carbocycles. The summed E-state index contributed by atoms with van der Waals surface area (Å²) in [6, 6.07) is 4.26. The molecule has 1 fully saturated rings. The van der Waals surface area contributed by atoms with Gasteiger partial charge < -0.3 is 10.1 Å². The van der Waals surface area contributed by atoms with E-state index in [-0.39, 0.29) is 0 Å². The Morgan fingerprint density at radius 3 is 2.81 bits per heavy atom. The average molecular weight is 290 g/mol. The SMILES string of the molecule is CCCNCc1ccc(COC2CCCCC2CC)nc1. The molecule has 0 amide bonds. The molecule has 0 saturated heterocycles. The maximum absolute atomic E-state index is 6.13. The van der Waals surface area contributed by atoms with E-state index < -0.39 is 0 Å². The Labute approximate surface area is 129 Å². The van der Waals surface area contributed by atoms with Gasteiger partial charge in [-0.3, -0.25) is 4.98 Å². The van der Waals surface area contributed by atoms with Gasteiger partial charge >= 0.3 is 0 Å². The second-order valence-corrected chi connectivity index (χ2v) is 6.14. The number of hydrogen-bond acceptors (Lipinski definition) is 3. The first-order valence-electron chi connectivity index (χ1n) is 8.59. The molecule has 0 bridgehead atoms. The number of rotatable bonds is 8. The molecule has 21 heavy (non-hydrogen) atoms. The molecule has 2 atom stereocenters. The van der Waals surface area contributed by atoms with Gasteiger partial charge in [-0.15, -0.1) is 0 Å². The molecule has 0 spiro atoms. The largest absolute Gasteiger partial charge is 0.372 e. The van der Waals surface area contributed by atoms with Gasteiger partial charge in [0.1, 0.15) is 0 Å². The molecule has 1 aliphatic rings. The van der Waals surface area contributed by atoms with Crippen LogP contribution in [0.2, 0.25) is 0 Å². The molecule has 1 heterocycles. The van der Waals surface area contributed by atoms with Crippen molar-refractivity contribution in [1.82, 2.24) is 10.3 Å². The number of nitrogens with one attached hydrogen (secondary N) is 1. The van der Waals surface area contributed by atoms with Crippen molar-refractivity contribution in [2.24, 2.45) is 5.92 Å². The van der Waals surface area contributed by atoms with Crippen molar-refractivity contribution in [3.8, 4) is 0 Å². The molecule has 1 aliphatic carbocycles. The molecule has 0 aromatic carbocycles. The van der Waals surface area contributed by atoms with Crippen molar-refractivity contribution in [2.75, 3.05) is 6.54 Å². The third kappa shape index (κ3) is 5.40. The first-order chi connectivity index (χ1) is 10.3. The summed E-state index contributed by atoms with van der Waals surface area (Å²) in [5.41, 5.74) is 2.30. The second-order valence-electron chi connectivity index (χ2n) is 6.14. The van der Waals surface area contributed by atoms with Gasteiger partial charge in [0, 0.05) is 12.7 Å². The summed E-state index contributed by atoms with van der Waals surface area (Å²) < 4.78 is 6.13. The zero-order chi connectivity index (χ0) is 14.9. The van der Waals surface area contributed by atoms with Crippen LogP contribution in [0.15, 0.2) is 18.3 Å².